The van der Waals surface area contributed by atoms with E-state index in [4.69, 9.17) is 5.73 Å². The Bertz CT molecular complexity index is 708. The molecule has 0 radical (unpaired) electrons. The molecule has 0 bridgehead atoms. The van der Waals surface area contributed by atoms with Crippen molar-refractivity contribution < 1.29 is 0 Å². The number of benzene rings is 2. The van der Waals surface area contributed by atoms with E-state index in [1.165, 1.54) is 33.2 Å². The van der Waals surface area contributed by atoms with Gasteiger partial charge in [-0.3, -0.25) is 0 Å². The number of hydrogen-bond acceptors (Lipinski definition) is 1. The summed E-state index contributed by atoms with van der Waals surface area (Å²) in [4.78, 5) is 3.41. The molecule has 1 aromatic heterocycles. The van der Waals surface area contributed by atoms with E-state index in [1.807, 2.05) is 0 Å². The van der Waals surface area contributed by atoms with Crippen molar-refractivity contribution in [3.05, 3.63) is 59.8 Å². The molecule has 0 atom stereocenters. The highest BCUT2D eigenvalue weighted by Crippen LogP contribution is 2.30. The number of aromatic amines is 1. The van der Waals surface area contributed by atoms with Crippen molar-refractivity contribution in [2.24, 2.45) is 5.73 Å². The predicted octanol–water partition coefficient (Wildman–Crippen LogP) is 3.90. The average Bonchev–Trinajstić information content (AvgIpc) is 2.91. The lowest BCUT2D eigenvalue weighted by atomic mass is 10.00. The summed E-state index contributed by atoms with van der Waals surface area (Å²) in [6.07, 6.45) is 4.08. The molecule has 0 unspecified atom stereocenters. The Kier molecular flexibility index (Phi) is 3.57. The molecule has 3 aromatic rings. The SMILES string of the molecule is CCc1ccc(-c2cccc3c(CCN)c[nH]c23)cc1. The first-order chi connectivity index (χ1) is 9.83. The van der Waals surface area contributed by atoms with Gasteiger partial charge in [0.05, 0.1) is 5.52 Å². The van der Waals surface area contributed by atoms with Crippen molar-refractivity contribution in [3.63, 3.8) is 0 Å². The quantitative estimate of drug-likeness (QED) is 0.737. The van der Waals surface area contributed by atoms with Gasteiger partial charge in [0.1, 0.15) is 0 Å². The molecule has 20 heavy (non-hydrogen) atoms. The fraction of sp³-hybridized carbons (Fsp3) is 0.222. The molecule has 2 heteroatoms. The largest absolute Gasteiger partial charge is 0.360 e. The number of aryl methyl sites for hydroxylation is 1. The topological polar surface area (TPSA) is 41.8 Å². The van der Waals surface area contributed by atoms with Crippen LogP contribution in [0.3, 0.4) is 0 Å². The second-order valence-electron chi connectivity index (χ2n) is 5.13. The molecule has 1 heterocycles. The number of hydrogen-bond donors (Lipinski definition) is 2. The zero-order valence-corrected chi connectivity index (χ0v) is 11.8. The van der Waals surface area contributed by atoms with Gasteiger partial charge in [-0.05, 0) is 36.1 Å². The first-order valence-electron chi connectivity index (χ1n) is 7.22. The second-order valence-corrected chi connectivity index (χ2v) is 5.13. The van der Waals surface area contributed by atoms with Gasteiger partial charge in [-0.2, -0.15) is 0 Å². The molecule has 0 fully saturated rings. The average molecular weight is 264 g/mol. The first kappa shape index (κ1) is 12.9. The molecule has 102 valence electrons. The van der Waals surface area contributed by atoms with Crippen molar-refractivity contribution in [2.45, 2.75) is 19.8 Å². The third-order valence-corrected chi connectivity index (χ3v) is 3.89. The predicted molar refractivity (Wildman–Crippen MR) is 85.9 cm³/mol. The summed E-state index contributed by atoms with van der Waals surface area (Å²) >= 11 is 0. The molecule has 0 spiro atoms. The van der Waals surface area contributed by atoms with Crippen molar-refractivity contribution in [1.82, 2.24) is 4.98 Å². The Hall–Kier alpha value is -2.06. The van der Waals surface area contributed by atoms with Gasteiger partial charge in [0.2, 0.25) is 0 Å². The van der Waals surface area contributed by atoms with Crippen LogP contribution in [-0.4, -0.2) is 11.5 Å². The van der Waals surface area contributed by atoms with Crippen LogP contribution in [0, 0.1) is 0 Å². The zero-order valence-electron chi connectivity index (χ0n) is 11.8. The third kappa shape index (κ3) is 2.23. The zero-order chi connectivity index (χ0) is 13.9. The Labute approximate surface area is 119 Å². The molecule has 2 aromatic carbocycles. The number of para-hydroxylation sites is 1. The normalized spacial score (nSPS) is 11.1. The molecule has 0 aliphatic carbocycles. The van der Waals surface area contributed by atoms with Gasteiger partial charge in [-0.25, -0.2) is 0 Å². The standard InChI is InChI=1S/C18H20N2/c1-2-13-6-8-14(9-7-13)16-4-3-5-17-15(10-11-19)12-20-18(16)17/h3-9,12,20H,2,10-11,19H2,1H3. The molecular formula is C18H20N2. The number of aromatic nitrogens is 1. The first-order valence-corrected chi connectivity index (χ1v) is 7.22. The Morgan fingerprint density at radius 1 is 1.05 bits per heavy atom. The van der Waals surface area contributed by atoms with Gasteiger partial charge in [0.25, 0.3) is 0 Å². The maximum atomic E-state index is 5.68. The lowest BCUT2D eigenvalue weighted by Crippen LogP contribution is -2.01. The minimum atomic E-state index is 0.683. The molecule has 0 saturated carbocycles. The number of fused-ring (bicyclic) bond motifs is 1. The van der Waals surface area contributed by atoms with Crippen LogP contribution >= 0.6 is 0 Å². The monoisotopic (exact) mass is 264 g/mol. The van der Waals surface area contributed by atoms with E-state index in [0.29, 0.717) is 6.54 Å². The Morgan fingerprint density at radius 2 is 1.85 bits per heavy atom. The molecule has 0 saturated heterocycles. The van der Waals surface area contributed by atoms with Gasteiger partial charge < -0.3 is 10.7 Å². The van der Waals surface area contributed by atoms with Gasteiger partial charge in [0, 0.05) is 17.1 Å². The third-order valence-electron chi connectivity index (χ3n) is 3.89. The summed E-state index contributed by atoms with van der Waals surface area (Å²) in [6, 6.07) is 15.3. The molecule has 0 amide bonds. The van der Waals surface area contributed by atoms with Crippen molar-refractivity contribution in [1.29, 1.82) is 0 Å². The van der Waals surface area contributed by atoms with Crippen LogP contribution < -0.4 is 5.73 Å². The van der Waals surface area contributed by atoms with Crippen LogP contribution in [0.15, 0.2) is 48.7 Å². The van der Waals surface area contributed by atoms with Crippen LogP contribution in [-0.2, 0) is 12.8 Å². The Morgan fingerprint density at radius 3 is 2.55 bits per heavy atom. The number of rotatable bonds is 4. The van der Waals surface area contributed by atoms with Crippen LogP contribution in [0.25, 0.3) is 22.0 Å². The van der Waals surface area contributed by atoms with Crippen LogP contribution in [0.4, 0.5) is 0 Å². The molecular weight excluding hydrogens is 244 g/mol. The highest BCUT2D eigenvalue weighted by atomic mass is 14.7. The van der Waals surface area contributed by atoms with Crippen molar-refractivity contribution >= 4 is 10.9 Å². The van der Waals surface area contributed by atoms with Crippen LogP contribution in [0.5, 0.6) is 0 Å². The van der Waals surface area contributed by atoms with E-state index in [2.05, 4.69) is 60.6 Å². The number of nitrogens with two attached hydrogens (primary N) is 1. The van der Waals surface area contributed by atoms with E-state index in [0.717, 1.165) is 12.8 Å². The lowest BCUT2D eigenvalue weighted by molar-refractivity contribution is 0.976. The molecule has 3 N–H and O–H groups in total. The van der Waals surface area contributed by atoms with Crippen molar-refractivity contribution in [3.8, 4) is 11.1 Å². The van der Waals surface area contributed by atoms with Gasteiger partial charge in [-0.1, -0.05) is 49.4 Å². The van der Waals surface area contributed by atoms with Crippen LogP contribution in [0.1, 0.15) is 18.1 Å². The maximum Gasteiger partial charge on any atom is 0.0536 e. The van der Waals surface area contributed by atoms with Gasteiger partial charge >= 0.3 is 0 Å². The highest BCUT2D eigenvalue weighted by molar-refractivity contribution is 5.96. The van der Waals surface area contributed by atoms with Crippen molar-refractivity contribution in [2.75, 3.05) is 6.54 Å². The fourth-order valence-corrected chi connectivity index (χ4v) is 2.74. The highest BCUT2D eigenvalue weighted by Gasteiger charge is 2.08. The van der Waals surface area contributed by atoms with E-state index in [-0.39, 0.29) is 0 Å². The van der Waals surface area contributed by atoms with Gasteiger partial charge in [-0.15, -0.1) is 0 Å². The smallest absolute Gasteiger partial charge is 0.0536 e. The molecule has 2 nitrogen and oxygen atoms in total. The molecule has 0 aliphatic heterocycles. The summed E-state index contributed by atoms with van der Waals surface area (Å²) in [5, 5.41) is 1.28. The molecule has 0 aliphatic rings. The van der Waals surface area contributed by atoms with E-state index in [9.17, 15) is 0 Å². The Balaban J connectivity index is 2.10. The summed E-state index contributed by atoms with van der Waals surface area (Å²) in [5.74, 6) is 0. The lowest BCUT2D eigenvalue weighted by Gasteiger charge is -2.05. The fourth-order valence-electron chi connectivity index (χ4n) is 2.74. The maximum absolute atomic E-state index is 5.68. The van der Waals surface area contributed by atoms with E-state index >= 15 is 0 Å². The van der Waals surface area contributed by atoms with Gasteiger partial charge in [0.15, 0.2) is 0 Å². The summed E-state index contributed by atoms with van der Waals surface area (Å²) < 4.78 is 0. The number of H-pyrrole nitrogens is 1. The number of nitrogens with one attached hydrogen (secondary N) is 1. The minimum absolute atomic E-state index is 0.683. The summed E-state index contributed by atoms with van der Waals surface area (Å²) in [7, 11) is 0. The second kappa shape index (κ2) is 5.51. The summed E-state index contributed by atoms with van der Waals surface area (Å²) in [6.45, 7) is 2.86. The minimum Gasteiger partial charge on any atom is -0.360 e. The summed E-state index contributed by atoms with van der Waals surface area (Å²) in [5.41, 5.74) is 12.1. The van der Waals surface area contributed by atoms with Crippen LogP contribution in [0.2, 0.25) is 0 Å². The van der Waals surface area contributed by atoms with E-state index < -0.39 is 0 Å². The van der Waals surface area contributed by atoms with E-state index in [1.54, 1.807) is 0 Å². The molecule has 3 rings (SSSR count).